The molecule has 0 radical (unpaired) electrons. The van der Waals surface area contributed by atoms with Crippen LogP contribution in [0.1, 0.15) is 26.9 Å². The monoisotopic (exact) mass is 431 g/mol. The molecule has 0 atom stereocenters. The summed E-state index contributed by atoms with van der Waals surface area (Å²) in [4.78, 5) is 40.4. The van der Waals surface area contributed by atoms with E-state index in [1.807, 2.05) is 57.2 Å². The normalized spacial score (nSPS) is 11.3. The van der Waals surface area contributed by atoms with Gasteiger partial charge in [-0.3, -0.25) is 15.0 Å². The van der Waals surface area contributed by atoms with Gasteiger partial charge < -0.3 is 0 Å². The molecule has 0 fully saturated rings. The van der Waals surface area contributed by atoms with Gasteiger partial charge in [-0.2, -0.15) is 4.98 Å². The number of benzene rings is 1. The lowest BCUT2D eigenvalue weighted by Gasteiger charge is -2.06. The largest absolute Gasteiger partial charge is 0.309 e. The fourth-order valence-corrected chi connectivity index (χ4v) is 4.56. The van der Waals surface area contributed by atoms with Crippen LogP contribution in [0, 0.1) is 20.8 Å². The number of carbonyl (C=O) groups excluding carboxylic acids is 1. The Morgan fingerprint density at radius 2 is 1.87 bits per heavy atom. The Labute approximate surface area is 180 Å². The summed E-state index contributed by atoms with van der Waals surface area (Å²) in [5, 5.41) is 4.67. The topological polar surface area (TPSA) is 107 Å². The van der Waals surface area contributed by atoms with E-state index in [4.69, 9.17) is 0 Å². The van der Waals surface area contributed by atoms with E-state index in [1.54, 1.807) is 0 Å². The number of fused-ring (bicyclic) bond motifs is 2. The number of amides is 1. The van der Waals surface area contributed by atoms with Gasteiger partial charge in [-0.25, -0.2) is 19.2 Å². The zero-order valence-corrected chi connectivity index (χ0v) is 17.8. The smallest absolute Gasteiger partial charge is 0.267 e. The van der Waals surface area contributed by atoms with E-state index < -0.39 is 5.91 Å². The molecule has 1 N–H and O–H groups in total. The van der Waals surface area contributed by atoms with Crippen LogP contribution in [-0.2, 0) is 0 Å². The summed E-state index contributed by atoms with van der Waals surface area (Å²) >= 11 is 1.44. The minimum absolute atomic E-state index is 0.0852. The van der Waals surface area contributed by atoms with Gasteiger partial charge in [0.25, 0.3) is 11.3 Å². The van der Waals surface area contributed by atoms with Crippen LogP contribution in [0.4, 0.5) is 0 Å². The SMILES string of the molecule is Cc1cc(C)n2nc(C(=O)Nn3cnc4sc(C)c(-c5ccccc5)c4c3=O)nc2n1. The van der Waals surface area contributed by atoms with Crippen LogP contribution in [0.15, 0.2) is 47.5 Å². The summed E-state index contributed by atoms with van der Waals surface area (Å²) in [6, 6.07) is 11.5. The molecule has 1 amide bonds. The molecule has 1 aromatic carbocycles. The van der Waals surface area contributed by atoms with Crippen molar-refractivity contribution in [2.24, 2.45) is 0 Å². The first kappa shape index (κ1) is 19.1. The van der Waals surface area contributed by atoms with Crippen molar-refractivity contribution in [2.45, 2.75) is 20.8 Å². The summed E-state index contributed by atoms with van der Waals surface area (Å²) in [6.45, 7) is 5.65. The van der Waals surface area contributed by atoms with Gasteiger partial charge in [-0.15, -0.1) is 16.4 Å². The highest BCUT2D eigenvalue weighted by Gasteiger charge is 2.20. The van der Waals surface area contributed by atoms with Gasteiger partial charge >= 0.3 is 5.91 Å². The van der Waals surface area contributed by atoms with Crippen molar-refractivity contribution < 1.29 is 4.79 Å². The van der Waals surface area contributed by atoms with Gasteiger partial charge in [0.2, 0.25) is 5.82 Å². The van der Waals surface area contributed by atoms with Gasteiger partial charge in [-0.05, 0) is 32.4 Å². The molecule has 9 nitrogen and oxygen atoms in total. The first-order valence-corrected chi connectivity index (χ1v) is 10.3. The molecule has 5 aromatic rings. The van der Waals surface area contributed by atoms with Crippen molar-refractivity contribution in [1.29, 1.82) is 0 Å². The number of aromatic nitrogens is 6. The quantitative estimate of drug-likeness (QED) is 0.471. The van der Waals surface area contributed by atoms with E-state index in [0.717, 1.165) is 32.1 Å². The number of thiophene rings is 1. The number of nitrogens with one attached hydrogen (secondary N) is 1. The molecule has 4 heterocycles. The Kier molecular flexibility index (Phi) is 4.36. The molecule has 0 spiro atoms. The van der Waals surface area contributed by atoms with E-state index in [-0.39, 0.29) is 11.4 Å². The third-order valence-corrected chi connectivity index (χ3v) is 5.91. The molecule has 0 bridgehead atoms. The molecular formula is C21H17N7O2S. The van der Waals surface area contributed by atoms with Gasteiger partial charge in [0.15, 0.2) is 0 Å². The fourth-order valence-electron chi connectivity index (χ4n) is 3.56. The zero-order valence-electron chi connectivity index (χ0n) is 16.9. The summed E-state index contributed by atoms with van der Waals surface area (Å²) in [7, 11) is 0. The molecule has 0 aliphatic rings. The van der Waals surface area contributed by atoms with Crippen molar-refractivity contribution in [3.8, 4) is 11.1 Å². The highest BCUT2D eigenvalue weighted by Crippen LogP contribution is 2.35. The van der Waals surface area contributed by atoms with Crippen LogP contribution in [0.25, 0.3) is 27.1 Å². The highest BCUT2D eigenvalue weighted by molar-refractivity contribution is 7.19. The van der Waals surface area contributed by atoms with E-state index >= 15 is 0 Å². The van der Waals surface area contributed by atoms with Gasteiger partial charge in [0, 0.05) is 21.8 Å². The first-order valence-electron chi connectivity index (χ1n) is 9.51. The maximum absolute atomic E-state index is 13.2. The average molecular weight is 431 g/mol. The highest BCUT2D eigenvalue weighted by atomic mass is 32.1. The Morgan fingerprint density at radius 1 is 1.10 bits per heavy atom. The summed E-state index contributed by atoms with van der Waals surface area (Å²) in [5.74, 6) is -0.389. The molecule has 0 saturated heterocycles. The van der Waals surface area contributed by atoms with Crippen molar-refractivity contribution >= 4 is 33.2 Å². The average Bonchev–Trinajstić information content (AvgIpc) is 3.32. The van der Waals surface area contributed by atoms with Crippen molar-refractivity contribution in [3.63, 3.8) is 0 Å². The molecule has 31 heavy (non-hydrogen) atoms. The van der Waals surface area contributed by atoms with E-state index in [9.17, 15) is 9.59 Å². The van der Waals surface area contributed by atoms with Crippen LogP contribution in [0.3, 0.4) is 0 Å². The maximum atomic E-state index is 13.2. The second-order valence-corrected chi connectivity index (χ2v) is 8.33. The molecule has 154 valence electrons. The number of nitrogens with zero attached hydrogens (tertiary/aromatic N) is 6. The van der Waals surface area contributed by atoms with Crippen LogP contribution in [0.5, 0.6) is 0 Å². The third kappa shape index (κ3) is 3.17. The van der Waals surface area contributed by atoms with Crippen LogP contribution in [-0.4, -0.2) is 35.1 Å². The minimum Gasteiger partial charge on any atom is -0.267 e. The molecule has 4 aromatic heterocycles. The van der Waals surface area contributed by atoms with E-state index in [1.165, 1.54) is 22.2 Å². The molecule has 0 saturated carbocycles. The maximum Gasteiger partial charge on any atom is 0.309 e. The van der Waals surface area contributed by atoms with Gasteiger partial charge in [0.1, 0.15) is 11.2 Å². The lowest BCUT2D eigenvalue weighted by molar-refractivity contribution is 0.0997. The summed E-state index contributed by atoms with van der Waals surface area (Å²) < 4.78 is 2.56. The minimum atomic E-state index is -0.626. The lowest BCUT2D eigenvalue weighted by Crippen LogP contribution is -2.33. The van der Waals surface area contributed by atoms with Crippen LogP contribution >= 0.6 is 11.3 Å². The predicted octanol–water partition coefficient (Wildman–Crippen LogP) is 2.87. The summed E-state index contributed by atoms with van der Waals surface area (Å²) in [5.41, 5.74) is 5.50. The molecule has 0 aliphatic heterocycles. The number of aryl methyl sites for hydroxylation is 3. The van der Waals surface area contributed by atoms with Gasteiger partial charge in [-0.1, -0.05) is 30.3 Å². The molecule has 10 heteroatoms. The Hall–Kier alpha value is -3.92. The Bertz CT molecular complexity index is 1530. The third-order valence-electron chi connectivity index (χ3n) is 4.89. The molecule has 0 aliphatic carbocycles. The van der Waals surface area contributed by atoms with Crippen molar-refractivity contribution in [3.05, 3.63) is 75.2 Å². The molecule has 0 unspecified atom stereocenters. The van der Waals surface area contributed by atoms with Crippen molar-refractivity contribution in [2.75, 3.05) is 5.43 Å². The van der Waals surface area contributed by atoms with E-state index in [2.05, 4.69) is 25.5 Å². The Balaban J connectivity index is 1.57. The number of hydrogen-bond acceptors (Lipinski definition) is 7. The number of carbonyl (C=O) groups is 1. The number of hydrogen-bond donors (Lipinski definition) is 1. The van der Waals surface area contributed by atoms with Crippen molar-refractivity contribution in [1.82, 2.24) is 29.2 Å². The summed E-state index contributed by atoms with van der Waals surface area (Å²) in [6.07, 6.45) is 1.30. The Morgan fingerprint density at radius 3 is 2.65 bits per heavy atom. The number of rotatable bonds is 3. The first-order chi connectivity index (χ1) is 14.9. The lowest BCUT2D eigenvalue weighted by atomic mass is 10.0. The molecular weight excluding hydrogens is 414 g/mol. The predicted molar refractivity (Wildman–Crippen MR) is 118 cm³/mol. The van der Waals surface area contributed by atoms with Gasteiger partial charge in [0.05, 0.1) is 5.39 Å². The second kappa shape index (κ2) is 7.10. The van der Waals surface area contributed by atoms with Crippen LogP contribution in [0.2, 0.25) is 0 Å². The fraction of sp³-hybridized carbons (Fsp3) is 0.143. The van der Waals surface area contributed by atoms with E-state index in [0.29, 0.717) is 16.0 Å². The van der Waals surface area contributed by atoms with Crippen LogP contribution < -0.4 is 11.0 Å². The second-order valence-electron chi connectivity index (χ2n) is 7.13. The molecule has 5 rings (SSSR count). The standard InChI is InChI=1S/C21H17N7O2S/c1-11-9-12(2)28-21(23-11)24-17(25-28)18(29)26-27-10-22-19-16(20(27)30)15(13(3)31-19)14-7-5-4-6-8-14/h4-10H,1-3H3,(H,26,29). The zero-order chi connectivity index (χ0) is 21.7.